The Labute approximate surface area is 183 Å². The summed E-state index contributed by atoms with van der Waals surface area (Å²) in [4.78, 5) is 23.7. The van der Waals surface area contributed by atoms with Crippen LogP contribution in [0.25, 0.3) is 0 Å². The molecule has 0 aliphatic heterocycles. The third-order valence-corrected chi connectivity index (χ3v) is 4.31. The number of halogens is 1. The van der Waals surface area contributed by atoms with Crippen LogP contribution in [0.2, 0.25) is 5.02 Å². The highest BCUT2D eigenvalue weighted by atomic mass is 35.5. The van der Waals surface area contributed by atoms with Crippen LogP contribution in [0.1, 0.15) is 16.7 Å². The summed E-state index contributed by atoms with van der Waals surface area (Å²) in [5.74, 6) is -1.10. The van der Waals surface area contributed by atoms with Gasteiger partial charge in [0, 0.05) is 10.7 Å². The summed E-state index contributed by atoms with van der Waals surface area (Å²) in [5.41, 5.74) is 4.73. The molecule has 0 atom stereocenters. The molecule has 3 rings (SSSR count). The summed E-state index contributed by atoms with van der Waals surface area (Å²) in [6.07, 6.45) is 1.41. The number of hydrazone groups is 1. The van der Waals surface area contributed by atoms with E-state index < -0.39 is 11.8 Å². The van der Waals surface area contributed by atoms with Crippen LogP contribution in [-0.4, -0.2) is 18.0 Å². The molecule has 0 spiro atoms. The van der Waals surface area contributed by atoms with Crippen LogP contribution in [0.15, 0.2) is 77.9 Å². The fraction of sp³-hybridized carbons (Fsp3) is 0.0435. The largest absolute Gasteiger partial charge is 0.489 e. The first-order valence-electron chi connectivity index (χ1n) is 9.15. The van der Waals surface area contributed by atoms with E-state index in [2.05, 4.69) is 15.8 Å². The Bertz CT molecular complexity index is 1120. The molecule has 8 heteroatoms. The SMILES string of the molecule is N#Cc1ccc(NC(=O)C(=O)NN=Cc2ccc(OCc3ccc(Cl)cc3)cc2)cc1. The number of rotatable bonds is 6. The molecule has 0 aromatic heterocycles. The molecule has 0 heterocycles. The first kappa shape index (κ1) is 21.6. The molecule has 0 bridgehead atoms. The summed E-state index contributed by atoms with van der Waals surface area (Å²) < 4.78 is 5.70. The molecule has 0 aliphatic rings. The van der Waals surface area contributed by atoms with Gasteiger partial charge in [0.15, 0.2) is 0 Å². The van der Waals surface area contributed by atoms with Crippen molar-refractivity contribution < 1.29 is 14.3 Å². The Morgan fingerprint density at radius 3 is 2.29 bits per heavy atom. The highest BCUT2D eigenvalue weighted by Gasteiger charge is 2.12. The van der Waals surface area contributed by atoms with E-state index in [9.17, 15) is 9.59 Å². The zero-order valence-electron chi connectivity index (χ0n) is 16.2. The number of benzene rings is 3. The zero-order valence-corrected chi connectivity index (χ0v) is 17.0. The summed E-state index contributed by atoms with van der Waals surface area (Å²) in [6.45, 7) is 0.412. The van der Waals surface area contributed by atoms with Gasteiger partial charge in [0.1, 0.15) is 12.4 Å². The van der Waals surface area contributed by atoms with Crippen LogP contribution >= 0.6 is 11.6 Å². The summed E-state index contributed by atoms with van der Waals surface area (Å²) in [5, 5.41) is 15.6. The second-order valence-electron chi connectivity index (χ2n) is 6.33. The Morgan fingerprint density at radius 2 is 1.65 bits per heavy atom. The predicted molar refractivity (Wildman–Crippen MR) is 118 cm³/mol. The lowest BCUT2D eigenvalue weighted by Crippen LogP contribution is -2.32. The highest BCUT2D eigenvalue weighted by molar-refractivity contribution is 6.39. The van der Waals surface area contributed by atoms with Crippen molar-refractivity contribution in [2.75, 3.05) is 5.32 Å². The van der Waals surface area contributed by atoms with E-state index in [4.69, 9.17) is 21.6 Å². The second kappa shape index (κ2) is 10.6. The van der Waals surface area contributed by atoms with Crippen molar-refractivity contribution in [2.24, 2.45) is 5.10 Å². The Balaban J connectivity index is 1.46. The van der Waals surface area contributed by atoms with E-state index in [1.807, 2.05) is 18.2 Å². The van der Waals surface area contributed by atoms with Crippen molar-refractivity contribution in [3.63, 3.8) is 0 Å². The van der Waals surface area contributed by atoms with E-state index in [1.54, 1.807) is 36.4 Å². The number of anilines is 1. The fourth-order valence-corrected chi connectivity index (χ4v) is 2.56. The van der Waals surface area contributed by atoms with Crippen LogP contribution in [-0.2, 0) is 16.2 Å². The molecular formula is C23H17ClN4O3. The molecule has 31 heavy (non-hydrogen) atoms. The van der Waals surface area contributed by atoms with Gasteiger partial charge in [-0.3, -0.25) is 9.59 Å². The lowest BCUT2D eigenvalue weighted by Gasteiger charge is -2.06. The van der Waals surface area contributed by atoms with Gasteiger partial charge in [0.2, 0.25) is 0 Å². The minimum atomic E-state index is -0.913. The number of nitrogens with zero attached hydrogens (tertiary/aromatic N) is 2. The van der Waals surface area contributed by atoms with Crippen LogP contribution in [0.5, 0.6) is 5.75 Å². The predicted octanol–water partition coefficient (Wildman–Crippen LogP) is 3.88. The van der Waals surface area contributed by atoms with Gasteiger partial charge in [0.05, 0.1) is 17.8 Å². The molecule has 0 fully saturated rings. The zero-order chi connectivity index (χ0) is 22.1. The van der Waals surface area contributed by atoms with E-state index in [1.165, 1.54) is 30.5 Å². The molecular weight excluding hydrogens is 416 g/mol. The third-order valence-electron chi connectivity index (χ3n) is 4.06. The van der Waals surface area contributed by atoms with Gasteiger partial charge in [-0.05, 0) is 71.8 Å². The topological polar surface area (TPSA) is 104 Å². The van der Waals surface area contributed by atoms with Crippen LogP contribution in [0, 0.1) is 11.3 Å². The van der Waals surface area contributed by atoms with Gasteiger partial charge in [-0.1, -0.05) is 23.7 Å². The lowest BCUT2D eigenvalue weighted by atomic mass is 10.2. The van der Waals surface area contributed by atoms with E-state index in [0.717, 1.165) is 5.56 Å². The number of carbonyl (C=O) groups excluding carboxylic acids is 2. The summed E-state index contributed by atoms with van der Waals surface area (Å²) in [6, 6.07) is 22.6. The van der Waals surface area contributed by atoms with Crippen LogP contribution < -0.4 is 15.5 Å². The van der Waals surface area contributed by atoms with E-state index in [-0.39, 0.29) is 0 Å². The van der Waals surface area contributed by atoms with Crippen molar-refractivity contribution in [1.82, 2.24) is 5.43 Å². The maximum atomic E-state index is 11.9. The second-order valence-corrected chi connectivity index (χ2v) is 6.76. The molecule has 154 valence electrons. The summed E-state index contributed by atoms with van der Waals surface area (Å²) in [7, 11) is 0. The normalized spacial score (nSPS) is 10.3. The monoisotopic (exact) mass is 432 g/mol. The number of nitrogens with one attached hydrogen (secondary N) is 2. The maximum absolute atomic E-state index is 11.9. The highest BCUT2D eigenvalue weighted by Crippen LogP contribution is 2.15. The number of amides is 2. The first-order chi connectivity index (χ1) is 15.0. The molecule has 0 aliphatic carbocycles. The number of carbonyl (C=O) groups is 2. The maximum Gasteiger partial charge on any atom is 0.329 e. The molecule has 3 aromatic rings. The van der Waals surface area contributed by atoms with Gasteiger partial charge in [-0.15, -0.1) is 0 Å². The standard InChI is InChI=1S/C23H17ClN4O3/c24-19-7-1-18(2-8-19)15-31-21-11-5-17(6-12-21)14-26-28-23(30)22(29)27-20-9-3-16(13-25)4-10-20/h1-12,14H,15H2,(H,27,29)(H,28,30). The van der Waals surface area contributed by atoms with Crippen molar-refractivity contribution in [3.05, 3.63) is 94.5 Å². The van der Waals surface area contributed by atoms with Crippen molar-refractivity contribution in [1.29, 1.82) is 5.26 Å². The molecule has 0 radical (unpaired) electrons. The fourth-order valence-electron chi connectivity index (χ4n) is 2.43. The molecule has 3 aromatic carbocycles. The van der Waals surface area contributed by atoms with Crippen molar-refractivity contribution in [2.45, 2.75) is 6.61 Å². The Hall–Kier alpha value is -4.15. The molecule has 0 saturated carbocycles. The number of ether oxygens (including phenoxy) is 1. The molecule has 7 nitrogen and oxygen atoms in total. The average molecular weight is 433 g/mol. The quantitative estimate of drug-likeness (QED) is 0.350. The smallest absolute Gasteiger partial charge is 0.329 e. The third kappa shape index (κ3) is 6.70. The minimum Gasteiger partial charge on any atom is -0.489 e. The molecule has 2 amide bonds. The number of hydrogen-bond acceptors (Lipinski definition) is 5. The average Bonchev–Trinajstić information content (AvgIpc) is 2.80. The molecule has 0 saturated heterocycles. The van der Waals surface area contributed by atoms with Gasteiger partial charge in [-0.2, -0.15) is 10.4 Å². The minimum absolute atomic E-state index is 0.400. The summed E-state index contributed by atoms with van der Waals surface area (Å²) >= 11 is 5.86. The lowest BCUT2D eigenvalue weighted by molar-refractivity contribution is -0.136. The van der Waals surface area contributed by atoms with Gasteiger partial charge < -0.3 is 10.1 Å². The van der Waals surface area contributed by atoms with E-state index >= 15 is 0 Å². The first-order valence-corrected chi connectivity index (χ1v) is 9.53. The Morgan fingerprint density at radius 1 is 0.968 bits per heavy atom. The number of hydrogen-bond donors (Lipinski definition) is 2. The van der Waals surface area contributed by atoms with E-state index in [0.29, 0.717) is 34.2 Å². The van der Waals surface area contributed by atoms with Crippen LogP contribution in [0.3, 0.4) is 0 Å². The van der Waals surface area contributed by atoms with Gasteiger partial charge in [-0.25, -0.2) is 5.43 Å². The van der Waals surface area contributed by atoms with Crippen LogP contribution in [0.4, 0.5) is 5.69 Å². The van der Waals surface area contributed by atoms with Crippen molar-refractivity contribution >= 4 is 35.3 Å². The molecule has 2 N–H and O–H groups in total. The van der Waals surface area contributed by atoms with Gasteiger partial charge >= 0.3 is 11.8 Å². The number of nitriles is 1. The molecule has 0 unspecified atom stereocenters. The van der Waals surface area contributed by atoms with Gasteiger partial charge in [0.25, 0.3) is 0 Å². The van der Waals surface area contributed by atoms with Crippen molar-refractivity contribution in [3.8, 4) is 11.8 Å². The Kier molecular flexibility index (Phi) is 7.35.